The van der Waals surface area contributed by atoms with Gasteiger partial charge in [0.15, 0.2) is 0 Å². The lowest BCUT2D eigenvalue weighted by Crippen LogP contribution is -2.15. The number of aromatic nitrogens is 10. The minimum absolute atomic E-state index is 0.0268. The number of amides is 2. The van der Waals surface area contributed by atoms with Crippen LogP contribution in [0.2, 0.25) is 0 Å². The largest absolute Gasteiger partial charge is 0.383 e. The smallest absolute Gasteiger partial charge is 0.229 e. The van der Waals surface area contributed by atoms with E-state index in [-0.39, 0.29) is 35.5 Å². The van der Waals surface area contributed by atoms with E-state index in [4.69, 9.17) is 11.5 Å². The number of pyridine rings is 6. The SMILES string of the molecule is Cc1ccncc1-c1cc2cc(NC(=O)[C@@H]3C[C@H]3c3cnn(C)c3)ncc2c(N)n1.Cc1ccncc1-c1cc2cc(NC(=O)[C@H]3C[C@@H]3c3cnn(C)c3)ncc2c(N)n1. The highest BCUT2D eigenvalue weighted by Crippen LogP contribution is 2.48. The van der Waals surface area contributed by atoms with Crippen molar-refractivity contribution in [3.63, 3.8) is 0 Å². The Balaban J connectivity index is 0.000000154. The maximum absolute atomic E-state index is 12.7. The van der Waals surface area contributed by atoms with Crippen molar-refractivity contribution in [3.8, 4) is 22.5 Å². The molecule has 6 N–H and O–H groups in total. The molecule has 16 heteroatoms. The molecule has 0 aromatic carbocycles. The zero-order valence-electron chi connectivity index (χ0n) is 33.4. The van der Waals surface area contributed by atoms with Crippen molar-refractivity contribution in [1.29, 1.82) is 0 Å². The van der Waals surface area contributed by atoms with E-state index in [1.54, 1.807) is 46.5 Å². The third-order valence-electron chi connectivity index (χ3n) is 11.2. The summed E-state index contributed by atoms with van der Waals surface area (Å²) in [4.78, 5) is 51.5. The molecule has 0 bridgehead atoms. The first-order valence-corrected chi connectivity index (χ1v) is 19.5. The zero-order chi connectivity index (χ0) is 41.7. The van der Waals surface area contributed by atoms with Crippen LogP contribution in [0.5, 0.6) is 0 Å². The monoisotopic (exact) mass is 798 g/mol. The number of carbonyl (C=O) groups is 2. The number of nitrogens with zero attached hydrogens (tertiary/aromatic N) is 10. The van der Waals surface area contributed by atoms with E-state index < -0.39 is 0 Å². The molecule has 2 saturated carbocycles. The van der Waals surface area contributed by atoms with Crippen LogP contribution in [0.15, 0.2) is 98.4 Å². The van der Waals surface area contributed by atoms with E-state index in [0.717, 1.165) is 79.2 Å². The van der Waals surface area contributed by atoms with E-state index in [1.165, 1.54) is 0 Å². The molecule has 60 heavy (non-hydrogen) atoms. The highest BCUT2D eigenvalue weighted by Gasteiger charge is 2.45. The number of nitrogen functional groups attached to an aromatic ring is 2. The van der Waals surface area contributed by atoms with Crippen LogP contribution in [0.4, 0.5) is 23.3 Å². The van der Waals surface area contributed by atoms with Gasteiger partial charge in [0.2, 0.25) is 11.8 Å². The van der Waals surface area contributed by atoms with E-state index in [2.05, 4.69) is 50.7 Å². The number of hydrogen-bond donors (Lipinski definition) is 4. The predicted octanol–water partition coefficient (Wildman–Crippen LogP) is 6.12. The summed E-state index contributed by atoms with van der Waals surface area (Å²) in [6, 6.07) is 11.4. The highest BCUT2D eigenvalue weighted by atomic mass is 16.2. The molecule has 0 aliphatic heterocycles. The Labute approximate surface area is 344 Å². The predicted molar refractivity (Wildman–Crippen MR) is 229 cm³/mol. The van der Waals surface area contributed by atoms with Crippen LogP contribution in [0.25, 0.3) is 44.1 Å². The molecular weight excluding hydrogens is 757 g/mol. The molecule has 2 aliphatic rings. The number of hydrogen-bond acceptors (Lipinski definition) is 12. The number of rotatable bonds is 8. The van der Waals surface area contributed by atoms with Gasteiger partial charge in [-0.1, -0.05) is 0 Å². The van der Waals surface area contributed by atoms with Gasteiger partial charge in [-0.05, 0) is 108 Å². The molecule has 0 spiro atoms. The molecule has 4 atom stereocenters. The van der Waals surface area contributed by atoms with Gasteiger partial charge in [0.1, 0.15) is 23.3 Å². The van der Waals surface area contributed by atoms with Gasteiger partial charge in [-0.2, -0.15) is 10.2 Å². The van der Waals surface area contributed by atoms with Crippen LogP contribution in [-0.2, 0) is 23.7 Å². The minimum atomic E-state index is -0.0530. The second kappa shape index (κ2) is 15.3. The molecule has 0 radical (unpaired) electrons. The van der Waals surface area contributed by atoms with Crippen LogP contribution in [0.1, 0.15) is 46.9 Å². The fourth-order valence-corrected chi connectivity index (χ4v) is 7.63. The fraction of sp³-hybridized carbons (Fsp3) is 0.227. The minimum Gasteiger partial charge on any atom is -0.383 e. The quantitative estimate of drug-likeness (QED) is 0.137. The third kappa shape index (κ3) is 7.69. The van der Waals surface area contributed by atoms with Gasteiger partial charge < -0.3 is 22.1 Å². The number of aryl methyl sites for hydroxylation is 4. The topological polar surface area (TPSA) is 223 Å². The lowest BCUT2D eigenvalue weighted by atomic mass is 10.1. The molecule has 0 unspecified atom stereocenters. The molecule has 300 valence electrons. The van der Waals surface area contributed by atoms with Gasteiger partial charge in [0.25, 0.3) is 0 Å². The molecule has 8 aromatic heterocycles. The second-order valence-corrected chi connectivity index (χ2v) is 15.5. The third-order valence-corrected chi connectivity index (χ3v) is 11.2. The summed E-state index contributed by atoms with van der Waals surface area (Å²) in [6.07, 6.45) is 19.6. The van der Waals surface area contributed by atoms with E-state index in [0.29, 0.717) is 23.3 Å². The summed E-state index contributed by atoms with van der Waals surface area (Å²) in [5.41, 5.74) is 20.0. The molecule has 0 saturated heterocycles. The Morgan fingerprint density at radius 2 is 1.07 bits per heavy atom. The van der Waals surface area contributed by atoms with Gasteiger partial charge in [-0.15, -0.1) is 0 Å². The van der Waals surface area contributed by atoms with Crippen LogP contribution in [0.3, 0.4) is 0 Å². The average Bonchev–Trinajstić information content (AvgIpc) is 4.13. The first kappa shape index (κ1) is 37.9. The Hall–Kier alpha value is -7.62. The Morgan fingerprint density at radius 1 is 0.633 bits per heavy atom. The molecule has 8 heterocycles. The van der Waals surface area contributed by atoms with Crippen LogP contribution >= 0.6 is 0 Å². The van der Waals surface area contributed by atoms with Gasteiger partial charge in [0, 0.05) is 97.4 Å². The maximum atomic E-state index is 12.7. The average molecular weight is 799 g/mol. The van der Waals surface area contributed by atoms with Crippen molar-refractivity contribution >= 4 is 56.6 Å². The molecular formula is C44H42N14O2. The highest BCUT2D eigenvalue weighted by molar-refractivity contribution is 6.00. The van der Waals surface area contributed by atoms with Gasteiger partial charge in [-0.3, -0.25) is 28.9 Å². The Bertz CT molecular complexity index is 2760. The lowest BCUT2D eigenvalue weighted by Gasteiger charge is -2.10. The van der Waals surface area contributed by atoms with Crippen LogP contribution in [0, 0.1) is 25.7 Å². The normalized spacial score (nSPS) is 17.8. The first-order chi connectivity index (χ1) is 29.0. The van der Waals surface area contributed by atoms with Crippen LogP contribution in [-0.4, -0.2) is 61.3 Å². The maximum Gasteiger partial charge on any atom is 0.229 e. The van der Waals surface area contributed by atoms with E-state index in [9.17, 15) is 9.59 Å². The summed E-state index contributed by atoms with van der Waals surface area (Å²) in [6.45, 7) is 4.01. The number of anilines is 4. The van der Waals surface area contributed by atoms with Crippen molar-refractivity contribution < 1.29 is 9.59 Å². The van der Waals surface area contributed by atoms with E-state index in [1.807, 2.05) is 89.1 Å². The summed E-state index contributed by atoms with van der Waals surface area (Å²) in [5.74, 6) is 2.09. The molecule has 10 rings (SSSR count). The number of fused-ring (bicyclic) bond motifs is 2. The lowest BCUT2D eigenvalue weighted by molar-refractivity contribution is -0.118. The summed E-state index contributed by atoms with van der Waals surface area (Å²) >= 11 is 0. The van der Waals surface area contributed by atoms with Crippen molar-refractivity contribution in [2.75, 3.05) is 22.1 Å². The van der Waals surface area contributed by atoms with Gasteiger partial charge in [-0.25, -0.2) is 19.9 Å². The second-order valence-electron chi connectivity index (χ2n) is 15.5. The molecule has 2 aliphatic carbocycles. The van der Waals surface area contributed by atoms with E-state index >= 15 is 0 Å². The summed E-state index contributed by atoms with van der Waals surface area (Å²) in [5, 5.41) is 17.5. The standard InChI is InChI=1S/2C22H21N7O/c2*1-12-3-4-24-9-17(12)19-5-13-6-20(25-10-18(13)21(23)27-19)28-22(30)16-7-15(16)14-8-26-29(2)11-14/h2*3-6,8-11,15-16H,7H2,1-2H3,(H2,23,27)(H,25,28,30)/t2*15-,16+/m10/s1. The van der Waals surface area contributed by atoms with Gasteiger partial charge >= 0.3 is 0 Å². The number of nitrogens with two attached hydrogens (primary N) is 2. The zero-order valence-corrected chi connectivity index (χ0v) is 33.4. The summed E-state index contributed by atoms with van der Waals surface area (Å²) in [7, 11) is 3.75. The van der Waals surface area contributed by atoms with Crippen LogP contribution < -0.4 is 22.1 Å². The molecule has 2 amide bonds. The van der Waals surface area contributed by atoms with Gasteiger partial charge in [0.05, 0.1) is 23.8 Å². The number of nitrogens with one attached hydrogen (secondary N) is 2. The molecule has 16 nitrogen and oxygen atoms in total. The fourth-order valence-electron chi connectivity index (χ4n) is 7.63. The molecule has 2 fully saturated rings. The first-order valence-electron chi connectivity index (χ1n) is 19.5. The summed E-state index contributed by atoms with van der Waals surface area (Å²) < 4.78 is 3.51. The van der Waals surface area contributed by atoms with Crippen molar-refractivity contribution in [2.45, 2.75) is 38.5 Å². The molecule has 8 aromatic rings. The van der Waals surface area contributed by atoms with Crippen molar-refractivity contribution in [3.05, 3.63) is 121 Å². The Morgan fingerprint density at radius 3 is 1.45 bits per heavy atom. The van der Waals surface area contributed by atoms with Crippen molar-refractivity contribution in [1.82, 2.24) is 49.5 Å². The van der Waals surface area contributed by atoms with Crippen molar-refractivity contribution in [2.24, 2.45) is 25.9 Å². The number of carbonyl (C=O) groups excluding carboxylic acids is 2. The Kier molecular flexibility index (Phi) is 9.66.